The molecule has 2 aromatic carbocycles. The molecule has 0 atom stereocenters. The third-order valence-electron chi connectivity index (χ3n) is 3.13. The average Bonchev–Trinajstić information content (AvgIpc) is 2.45. The van der Waals surface area contributed by atoms with Crippen molar-refractivity contribution < 1.29 is 14.3 Å². The van der Waals surface area contributed by atoms with Gasteiger partial charge >= 0.3 is 0 Å². The van der Waals surface area contributed by atoms with E-state index in [0.29, 0.717) is 11.3 Å². The predicted molar refractivity (Wildman–Crippen MR) is 69.4 cm³/mol. The molecule has 0 amide bonds. The fourth-order valence-corrected chi connectivity index (χ4v) is 2.29. The number of carbonyl (C=O) groups is 1. The van der Waals surface area contributed by atoms with Crippen molar-refractivity contribution in [3.8, 4) is 5.75 Å². The molecule has 0 unspecified atom stereocenters. The molecule has 0 radical (unpaired) electrons. The highest BCUT2D eigenvalue weighted by molar-refractivity contribution is 5.97. The molecule has 3 rings (SSSR count). The first kappa shape index (κ1) is 10.8. The van der Waals surface area contributed by atoms with Crippen molar-refractivity contribution in [2.45, 2.75) is 0 Å². The molecular weight excluding hydrogens is 228 g/mol. The Kier molecular flexibility index (Phi) is 2.52. The van der Waals surface area contributed by atoms with Crippen LogP contribution in [0.1, 0.15) is 5.56 Å². The number of carbonyl (C=O) groups excluding carboxylic acids is 1. The summed E-state index contributed by atoms with van der Waals surface area (Å²) in [5.74, 6) is 1.40. The van der Waals surface area contributed by atoms with Gasteiger partial charge in [-0.3, -0.25) is 4.79 Å². The van der Waals surface area contributed by atoms with Crippen LogP contribution >= 0.6 is 0 Å². The molecule has 0 aliphatic carbocycles. The van der Waals surface area contributed by atoms with Crippen molar-refractivity contribution in [3.63, 3.8) is 0 Å². The Morgan fingerprint density at radius 3 is 2.83 bits per heavy atom. The number of benzene rings is 2. The topological polar surface area (TPSA) is 35.5 Å². The van der Waals surface area contributed by atoms with Gasteiger partial charge in [0.2, 0.25) is 0 Å². The number of rotatable bonds is 2. The molecule has 1 aliphatic rings. The molecule has 0 N–H and O–H groups in total. The maximum absolute atomic E-state index is 11.0. The van der Waals surface area contributed by atoms with Gasteiger partial charge in [0, 0.05) is 5.39 Å². The van der Waals surface area contributed by atoms with E-state index in [9.17, 15) is 4.79 Å². The van der Waals surface area contributed by atoms with E-state index in [2.05, 4.69) is 0 Å². The summed E-state index contributed by atoms with van der Waals surface area (Å²) in [5.41, 5.74) is 1.38. The van der Waals surface area contributed by atoms with Crippen molar-refractivity contribution in [2.75, 3.05) is 13.7 Å². The maximum atomic E-state index is 11.0. The van der Waals surface area contributed by atoms with Crippen LogP contribution in [0.25, 0.3) is 16.5 Å². The van der Waals surface area contributed by atoms with Gasteiger partial charge in [0.15, 0.2) is 6.29 Å². The second-order valence-corrected chi connectivity index (χ2v) is 4.13. The van der Waals surface area contributed by atoms with Crippen molar-refractivity contribution >= 4 is 22.8 Å². The lowest BCUT2D eigenvalue weighted by atomic mass is 10.0. The Labute approximate surface area is 105 Å². The summed E-state index contributed by atoms with van der Waals surface area (Å²) in [7, 11) is 1.57. The van der Waals surface area contributed by atoms with E-state index in [1.165, 1.54) is 0 Å². The van der Waals surface area contributed by atoms with Crippen molar-refractivity contribution in [1.29, 1.82) is 0 Å². The molecule has 0 bridgehead atoms. The molecule has 2 aromatic rings. The van der Waals surface area contributed by atoms with Gasteiger partial charge in [-0.15, -0.1) is 0 Å². The summed E-state index contributed by atoms with van der Waals surface area (Å²) in [6, 6.07) is 11.9. The fourth-order valence-electron chi connectivity index (χ4n) is 2.29. The maximum Gasteiger partial charge on any atom is 0.153 e. The quantitative estimate of drug-likeness (QED) is 0.757. The molecule has 0 saturated carbocycles. The Hall–Kier alpha value is -2.29. The summed E-state index contributed by atoms with van der Waals surface area (Å²) < 4.78 is 11.0. The number of ether oxygens (including phenoxy) is 2. The van der Waals surface area contributed by atoms with Crippen LogP contribution < -0.4 is 4.74 Å². The largest absolute Gasteiger partial charge is 0.495 e. The Bertz CT molecular complexity index is 656. The van der Waals surface area contributed by atoms with E-state index in [1.54, 1.807) is 7.11 Å². The molecule has 0 aromatic heterocycles. The van der Waals surface area contributed by atoms with Gasteiger partial charge in [-0.05, 0) is 11.5 Å². The Morgan fingerprint density at radius 1 is 1.22 bits per heavy atom. The monoisotopic (exact) mass is 240 g/mol. The first-order chi connectivity index (χ1) is 8.85. The van der Waals surface area contributed by atoms with Gasteiger partial charge in [0.25, 0.3) is 0 Å². The molecule has 0 fully saturated rings. The zero-order valence-corrected chi connectivity index (χ0v) is 9.97. The molecule has 3 heteroatoms. The first-order valence-corrected chi connectivity index (χ1v) is 5.72. The number of hydrogen-bond acceptors (Lipinski definition) is 3. The summed E-state index contributed by atoms with van der Waals surface area (Å²) >= 11 is 0. The van der Waals surface area contributed by atoms with E-state index in [0.717, 1.165) is 28.4 Å². The molecule has 90 valence electrons. The van der Waals surface area contributed by atoms with Gasteiger partial charge in [0.1, 0.15) is 18.1 Å². The summed E-state index contributed by atoms with van der Waals surface area (Å²) in [4.78, 5) is 11.0. The van der Waals surface area contributed by atoms with Gasteiger partial charge in [-0.1, -0.05) is 30.3 Å². The van der Waals surface area contributed by atoms with Crippen LogP contribution in [0.2, 0.25) is 0 Å². The normalized spacial score (nSPS) is 14.1. The lowest BCUT2D eigenvalue weighted by molar-refractivity contribution is -0.105. The van der Waals surface area contributed by atoms with Gasteiger partial charge in [-0.25, -0.2) is 0 Å². The molecule has 3 nitrogen and oxygen atoms in total. The van der Waals surface area contributed by atoms with Crippen LogP contribution in [-0.4, -0.2) is 20.0 Å². The summed E-state index contributed by atoms with van der Waals surface area (Å²) in [6.07, 6.45) is 0.789. The highest BCUT2D eigenvalue weighted by Crippen LogP contribution is 2.38. The summed E-state index contributed by atoms with van der Waals surface area (Å²) in [5, 5.41) is 2.15. The molecular formula is C15H12O3. The van der Waals surface area contributed by atoms with E-state index >= 15 is 0 Å². The molecule has 18 heavy (non-hydrogen) atoms. The Balaban J connectivity index is 2.32. The van der Waals surface area contributed by atoms with Crippen LogP contribution in [0.4, 0.5) is 0 Å². The van der Waals surface area contributed by atoms with Crippen molar-refractivity contribution in [1.82, 2.24) is 0 Å². The lowest BCUT2D eigenvalue weighted by Gasteiger charge is -2.22. The average molecular weight is 240 g/mol. The second-order valence-electron chi connectivity index (χ2n) is 4.13. The van der Waals surface area contributed by atoms with Crippen LogP contribution in [-0.2, 0) is 9.53 Å². The number of hydrogen-bond donors (Lipinski definition) is 0. The molecule has 0 spiro atoms. The van der Waals surface area contributed by atoms with E-state index in [-0.39, 0.29) is 6.61 Å². The predicted octanol–water partition coefficient (Wildman–Crippen LogP) is 2.79. The van der Waals surface area contributed by atoms with E-state index in [4.69, 9.17) is 9.47 Å². The first-order valence-electron chi connectivity index (χ1n) is 5.72. The van der Waals surface area contributed by atoms with Gasteiger partial charge in [0.05, 0.1) is 18.2 Å². The van der Waals surface area contributed by atoms with Crippen molar-refractivity contribution in [3.05, 3.63) is 47.5 Å². The minimum atomic E-state index is 0.258. The van der Waals surface area contributed by atoms with Gasteiger partial charge in [-0.2, -0.15) is 0 Å². The Morgan fingerprint density at radius 2 is 2.06 bits per heavy atom. The van der Waals surface area contributed by atoms with Gasteiger partial charge < -0.3 is 9.47 Å². The zero-order valence-electron chi connectivity index (χ0n) is 9.97. The van der Waals surface area contributed by atoms with Crippen LogP contribution in [0.15, 0.2) is 42.0 Å². The second kappa shape index (κ2) is 4.18. The third-order valence-corrected chi connectivity index (χ3v) is 3.13. The number of methoxy groups -OCH3 is 1. The highest BCUT2D eigenvalue weighted by Gasteiger charge is 2.22. The molecule has 1 heterocycles. The van der Waals surface area contributed by atoms with E-state index < -0.39 is 0 Å². The van der Waals surface area contributed by atoms with Crippen LogP contribution in [0.5, 0.6) is 5.75 Å². The number of fused-ring (bicyclic) bond motifs is 3. The highest BCUT2D eigenvalue weighted by atomic mass is 16.5. The SMILES string of the molecule is COC1=C(C=O)COc2c1ccc1ccccc21. The molecule has 0 saturated heterocycles. The molecule has 1 aliphatic heterocycles. The summed E-state index contributed by atoms with van der Waals surface area (Å²) in [6.45, 7) is 0.258. The van der Waals surface area contributed by atoms with Crippen LogP contribution in [0.3, 0.4) is 0 Å². The van der Waals surface area contributed by atoms with Crippen molar-refractivity contribution in [2.24, 2.45) is 0 Å². The smallest absolute Gasteiger partial charge is 0.153 e. The number of aldehydes is 1. The minimum absolute atomic E-state index is 0.258. The third kappa shape index (κ3) is 1.48. The van der Waals surface area contributed by atoms with Crippen LogP contribution in [0, 0.1) is 0 Å². The van der Waals surface area contributed by atoms with E-state index in [1.807, 2.05) is 36.4 Å². The fraction of sp³-hybridized carbons (Fsp3) is 0.133. The standard InChI is InChI=1S/C15H12O3/c1-17-14-11(8-16)9-18-15-12-5-3-2-4-10(12)6-7-13(14)15/h2-8H,9H2,1H3. The lowest BCUT2D eigenvalue weighted by Crippen LogP contribution is -2.13. The zero-order chi connectivity index (χ0) is 12.5. The minimum Gasteiger partial charge on any atom is -0.495 e.